The van der Waals surface area contributed by atoms with Crippen LogP contribution < -0.4 is 0 Å². The first-order valence-corrected chi connectivity index (χ1v) is 10.4. The highest BCUT2D eigenvalue weighted by molar-refractivity contribution is 7.11. The molecular formula is C21H19F3N4OS. The Bertz CT molecular complexity index is 1070. The third-order valence-corrected chi connectivity index (χ3v) is 6.14. The molecule has 3 heterocycles. The minimum Gasteiger partial charge on any atom is -0.337 e. The Hall–Kier alpha value is -2.81. The number of carbonyl (C=O) groups is 1. The zero-order valence-corrected chi connectivity index (χ0v) is 17.0. The topological polar surface area (TPSA) is 59.0 Å². The van der Waals surface area contributed by atoms with Gasteiger partial charge in [-0.3, -0.25) is 14.8 Å². The van der Waals surface area contributed by atoms with Crippen molar-refractivity contribution in [3.8, 4) is 11.3 Å². The van der Waals surface area contributed by atoms with E-state index in [1.807, 2.05) is 0 Å². The van der Waals surface area contributed by atoms with Crippen LogP contribution in [0.3, 0.4) is 0 Å². The minimum absolute atomic E-state index is 0.0655. The lowest BCUT2D eigenvalue weighted by Crippen LogP contribution is -2.39. The molecule has 5 nitrogen and oxygen atoms in total. The van der Waals surface area contributed by atoms with Gasteiger partial charge in [-0.2, -0.15) is 13.2 Å². The molecule has 1 aliphatic heterocycles. The van der Waals surface area contributed by atoms with Gasteiger partial charge in [0, 0.05) is 37.0 Å². The number of thiazole rings is 1. The van der Waals surface area contributed by atoms with Gasteiger partial charge in [0.1, 0.15) is 4.88 Å². The van der Waals surface area contributed by atoms with E-state index >= 15 is 0 Å². The molecular weight excluding hydrogens is 413 g/mol. The molecule has 156 valence electrons. The van der Waals surface area contributed by atoms with E-state index in [1.54, 1.807) is 29.6 Å². The number of hydrogen-bond acceptors (Lipinski definition) is 5. The van der Waals surface area contributed by atoms with E-state index in [-0.39, 0.29) is 11.8 Å². The second-order valence-corrected chi connectivity index (χ2v) is 8.08. The van der Waals surface area contributed by atoms with E-state index in [1.165, 1.54) is 23.6 Å². The maximum absolute atomic E-state index is 13.2. The number of nitrogens with zero attached hydrogens (tertiary/aromatic N) is 4. The van der Waals surface area contributed by atoms with Crippen LogP contribution >= 0.6 is 11.3 Å². The predicted molar refractivity (Wildman–Crippen MR) is 107 cm³/mol. The molecule has 0 bridgehead atoms. The summed E-state index contributed by atoms with van der Waals surface area (Å²) in [5.41, 5.74) is 3.05. The molecule has 1 saturated heterocycles. The van der Waals surface area contributed by atoms with Crippen molar-refractivity contribution in [3.63, 3.8) is 0 Å². The van der Waals surface area contributed by atoms with Crippen molar-refractivity contribution in [1.29, 1.82) is 0 Å². The van der Waals surface area contributed by atoms with Crippen LogP contribution in [0.15, 0.2) is 42.2 Å². The fraction of sp³-hybridized carbons (Fsp3) is 0.333. The molecule has 1 atom stereocenters. The van der Waals surface area contributed by atoms with Crippen LogP contribution in [0.2, 0.25) is 0 Å². The first-order valence-electron chi connectivity index (χ1n) is 9.52. The molecule has 1 unspecified atom stereocenters. The zero-order valence-electron chi connectivity index (χ0n) is 16.2. The van der Waals surface area contributed by atoms with Crippen LogP contribution in [-0.2, 0) is 6.18 Å². The molecule has 0 aliphatic carbocycles. The Morgan fingerprint density at radius 1 is 1.20 bits per heavy atom. The molecule has 1 fully saturated rings. The summed E-state index contributed by atoms with van der Waals surface area (Å²) in [4.78, 5) is 28.2. The third kappa shape index (κ3) is 4.07. The quantitative estimate of drug-likeness (QED) is 0.588. The van der Waals surface area contributed by atoms with Crippen molar-refractivity contribution in [1.82, 2.24) is 19.9 Å². The third-order valence-electron chi connectivity index (χ3n) is 5.22. The Labute approximate surface area is 175 Å². The van der Waals surface area contributed by atoms with E-state index in [4.69, 9.17) is 0 Å². The molecule has 0 saturated carbocycles. The van der Waals surface area contributed by atoms with Gasteiger partial charge < -0.3 is 4.90 Å². The average molecular weight is 432 g/mol. The Balaban J connectivity index is 1.64. The normalized spacial score (nSPS) is 17.2. The molecule has 30 heavy (non-hydrogen) atoms. The standard InChI is InChI=1S/C21H19F3N4OS/c1-13-19(30-12-27-13)20(29)28-9-3-5-15(11-28)18-17(25-7-8-26-18)14-4-2-6-16(10-14)21(22,23)24/h2,4,6-8,10,12,15H,3,5,9,11H2,1H3. The molecule has 4 rings (SSSR count). The number of amides is 1. The van der Waals surface area contributed by atoms with Crippen LogP contribution in [-0.4, -0.2) is 38.8 Å². The monoisotopic (exact) mass is 432 g/mol. The number of likely N-dealkylation sites (tertiary alicyclic amines) is 1. The molecule has 1 aliphatic rings. The molecule has 1 aromatic carbocycles. The number of carbonyl (C=O) groups excluding carboxylic acids is 1. The van der Waals surface area contributed by atoms with Gasteiger partial charge in [0.2, 0.25) is 0 Å². The van der Waals surface area contributed by atoms with Gasteiger partial charge >= 0.3 is 6.18 Å². The highest BCUT2D eigenvalue weighted by Crippen LogP contribution is 2.35. The van der Waals surface area contributed by atoms with Gasteiger partial charge in [0.25, 0.3) is 5.91 Å². The molecule has 0 spiro atoms. The molecule has 9 heteroatoms. The van der Waals surface area contributed by atoms with Crippen molar-refractivity contribution in [2.75, 3.05) is 13.1 Å². The second-order valence-electron chi connectivity index (χ2n) is 7.23. The first kappa shape index (κ1) is 20.5. The van der Waals surface area contributed by atoms with E-state index in [0.717, 1.165) is 25.0 Å². The summed E-state index contributed by atoms with van der Waals surface area (Å²) < 4.78 is 39.5. The summed E-state index contributed by atoms with van der Waals surface area (Å²) in [6, 6.07) is 5.12. The number of aromatic nitrogens is 3. The maximum Gasteiger partial charge on any atom is 0.416 e. The van der Waals surface area contributed by atoms with Crippen LogP contribution in [0.5, 0.6) is 0 Å². The van der Waals surface area contributed by atoms with Crippen LogP contribution in [0.1, 0.15) is 45.4 Å². The largest absolute Gasteiger partial charge is 0.416 e. The number of alkyl halides is 3. The number of benzene rings is 1. The molecule has 0 radical (unpaired) electrons. The average Bonchev–Trinajstić information content (AvgIpc) is 3.18. The number of halogens is 3. The smallest absolute Gasteiger partial charge is 0.337 e. The van der Waals surface area contributed by atoms with Gasteiger partial charge in [-0.1, -0.05) is 12.1 Å². The summed E-state index contributed by atoms with van der Waals surface area (Å²) in [5.74, 6) is -0.168. The SMILES string of the molecule is Cc1ncsc1C(=O)N1CCCC(c2nccnc2-c2cccc(C(F)(F)F)c2)C1. The van der Waals surface area contributed by atoms with Crippen molar-refractivity contribution in [2.45, 2.75) is 31.9 Å². The Morgan fingerprint density at radius 2 is 2.00 bits per heavy atom. The molecule has 2 aromatic heterocycles. The minimum atomic E-state index is -4.43. The molecule has 3 aromatic rings. The summed E-state index contributed by atoms with van der Waals surface area (Å²) in [6.45, 7) is 2.88. The van der Waals surface area contributed by atoms with E-state index in [0.29, 0.717) is 40.6 Å². The lowest BCUT2D eigenvalue weighted by molar-refractivity contribution is -0.137. The van der Waals surface area contributed by atoms with E-state index in [2.05, 4.69) is 15.0 Å². The number of aryl methyl sites for hydroxylation is 1. The number of piperidine rings is 1. The summed E-state index contributed by atoms with van der Waals surface area (Å²) in [6.07, 6.45) is 0.161. The van der Waals surface area contributed by atoms with E-state index < -0.39 is 11.7 Å². The lowest BCUT2D eigenvalue weighted by Gasteiger charge is -2.33. The fourth-order valence-electron chi connectivity index (χ4n) is 3.75. The summed E-state index contributed by atoms with van der Waals surface area (Å²) >= 11 is 1.32. The number of rotatable bonds is 3. The Kier molecular flexibility index (Phi) is 5.55. The van der Waals surface area contributed by atoms with Crippen molar-refractivity contribution in [3.05, 3.63) is 64.0 Å². The van der Waals surface area contributed by atoms with Crippen LogP contribution in [0, 0.1) is 6.92 Å². The van der Waals surface area contributed by atoms with Gasteiger partial charge in [-0.05, 0) is 31.9 Å². The van der Waals surface area contributed by atoms with Crippen LogP contribution in [0.4, 0.5) is 13.2 Å². The van der Waals surface area contributed by atoms with Gasteiger partial charge in [-0.25, -0.2) is 4.98 Å². The zero-order chi connectivity index (χ0) is 21.3. The van der Waals surface area contributed by atoms with Crippen molar-refractivity contribution >= 4 is 17.2 Å². The first-order chi connectivity index (χ1) is 14.3. The Morgan fingerprint density at radius 3 is 2.73 bits per heavy atom. The second kappa shape index (κ2) is 8.14. The highest BCUT2D eigenvalue weighted by atomic mass is 32.1. The number of hydrogen-bond donors (Lipinski definition) is 0. The van der Waals surface area contributed by atoms with Crippen molar-refractivity contribution in [2.24, 2.45) is 0 Å². The summed E-state index contributed by atoms with van der Waals surface area (Å²) in [7, 11) is 0. The van der Waals surface area contributed by atoms with Gasteiger partial charge in [0.05, 0.1) is 28.2 Å². The van der Waals surface area contributed by atoms with Crippen molar-refractivity contribution < 1.29 is 18.0 Å². The van der Waals surface area contributed by atoms with Gasteiger partial charge in [0.15, 0.2) is 0 Å². The van der Waals surface area contributed by atoms with E-state index in [9.17, 15) is 18.0 Å². The highest BCUT2D eigenvalue weighted by Gasteiger charge is 2.32. The van der Waals surface area contributed by atoms with Crippen LogP contribution in [0.25, 0.3) is 11.3 Å². The molecule has 0 N–H and O–H groups in total. The summed E-state index contributed by atoms with van der Waals surface area (Å²) in [5, 5.41) is 0. The maximum atomic E-state index is 13.2. The fourth-order valence-corrected chi connectivity index (χ4v) is 4.52. The molecule has 1 amide bonds. The predicted octanol–water partition coefficient (Wildman–Crippen LogP) is 4.95. The van der Waals surface area contributed by atoms with Gasteiger partial charge in [-0.15, -0.1) is 11.3 Å². The lowest BCUT2D eigenvalue weighted by atomic mass is 9.91.